The minimum absolute atomic E-state index is 0.0671. The van der Waals surface area contributed by atoms with Gasteiger partial charge in [-0.3, -0.25) is 9.59 Å². The van der Waals surface area contributed by atoms with E-state index in [1.54, 1.807) is 0 Å². The van der Waals surface area contributed by atoms with Crippen LogP contribution in [-0.2, 0) is 14.3 Å². The molecule has 3 rings (SSSR count). The summed E-state index contributed by atoms with van der Waals surface area (Å²) < 4.78 is 4.49. The number of thioether (sulfide) groups is 1. The topological polar surface area (TPSA) is 94.1 Å². The van der Waals surface area contributed by atoms with Crippen molar-refractivity contribution in [2.45, 2.75) is 5.16 Å². The molecule has 1 N–H and O–H groups in total. The van der Waals surface area contributed by atoms with Gasteiger partial charge in [-0.15, -0.1) is 10.2 Å². The molecule has 0 atom stereocenters. The van der Waals surface area contributed by atoms with E-state index in [-0.39, 0.29) is 18.2 Å². The Balaban J connectivity index is 1.81. The van der Waals surface area contributed by atoms with Crippen LogP contribution in [0.15, 0.2) is 65.8 Å². The predicted octanol–water partition coefficient (Wildman–Crippen LogP) is 2.59. The summed E-state index contributed by atoms with van der Waals surface area (Å²) in [4.78, 5) is 27.6. The molecule has 1 amide bonds. The molecular weight excluding hydrogens is 376 g/mol. The van der Waals surface area contributed by atoms with Crippen molar-refractivity contribution in [2.24, 2.45) is 0 Å². The quantitative estimate of drug-likeness (QED) is 0.486. The van der Waals surface area contributed by atoms with Gasteiger partial charge in [0.1, 0.15) is 17.9 Å². The highest BCUT2D eigenvalue weighted by atomic mass is 32.2. The van der Waals surface area contributed by atoms with Crippen LogP contribution in [0.5, 0.6) is 0 Å². The number of carbonyl (C=O) groups is 2. The van der Waals surface area contributed by atoms with Crippen molar-refractivity contribution in [3.63, 3.8) is 0 Å². The van der Waals surface area contributed by atoms with Crippen LogP contribution in [0.25, 0.3) is 22.5 Å². The van der Waals surface area contributed by atoms with Crippen LogP contribution < -0.4 is 5.32 Å². The van der Waals surface area contributed by atoms with E-state index in [0.29, 0.717) is 16.5 Å². The standard InChI is InChI=1S/C20H18N4O3S/c1-27-17(26)12-21-16(25)13-28-20-22-18(14-8-4-2-5-9-14)19(23-24-20)15-10-6-3-7-11-15/h2-11H,12-13H2,1H3,(H,21,25). The van der Waals surface area contributed by atoms with E-state index in [1.165, 1.54) is 7.11 Å². The van der Waals surface area contributed by atoms with E-state index in [2.05, 4.69) is 25.2 Å². The van der Waals surface area contributed by atoms with Gasteiger partial charge in [-0.25, -0.2) is 4.98 Å². The fourth-order valence-electron chi connectivity index (χ4n) is 2.38. The zero-order valence-electron chi connectivity index (χ0n) is 15.2. The zero-order chi connectivity index (χ0) is 19.8. The summed E-state index contributed by atoms with van der Waals surface area (Å²) in [7, 11) is 1.27. The molecule has 7 nitrogen and oxygen atoms in total. The molecule has 0 aliphatic rings. The smallest absolute Gasteiger partial charge is 0.325 e. The summed E-state index contributed by atoms with van der Waals surface area (Å²) in [6, 6.07) is 19.4. The number of ether oxygens (including phenoxy) is 1. The van der Waals surface area contributed by atoms with Gasteiger partial charge in [0, 0.05) is 11.1 Å². The average molecular weight is 394 g/mol. The Bertz CT molecular complexity index is 952. The van der Waals surface area contributed by atoms with Gasteiger partial charge in [0.25, 0.3) is 0 Å². The van der Waals surface area contributed by atoms with Crippen LogP contribution in [0.1, 0.15) is 0 Å². The number of hydrogen-bond acceptors (Lipinski definition) is 7. The van der Waals surface area contributed by atoms with Crippen molar-refractivity contribution in [3.05, 3.63) is 60.7 Å². The summed E-state index contributed by atoms with van der Waals surface area (Å²) in [5, 5.41) is 11.4. The SMILES string of the molecule is COC(=O)CNC(=O)CSc1nnc(-c2ccccc2)c(-c2ccccc2)n1. The van der Waals surface area contributed by atoms with Crippen LogP contribution >= 0.6 is 11.8 Å². The maximum absolute atomic E-state index is 11.9. The molecule has 28 heavy (non-hydrogen) atoms. The second-order valence-corrected chi connectivity index (χ2v) is 6.61. The molecule has 0 saturated carbocycles. The number of amides is 1. The first-order valence-corrected chi connectivity index (χ1v) is 9.48. The van der Waals surface area contributed by atoms with Gasteiger partial charge in [-0.2, -0.15) is 0 Å². The summed E-state index contributed by atoms with van der Waals surface area (Å²) in [6.07, 6.45) is 0. The van der Waals surface area contributed by atoms with Crippen molar-refractivity contribution < 1.29 is 14.3 Å². The van der Waals surface area contributed by atoms with Gasteiger partial charge >= 0.3 is 5.97 Å². The number of esters is 1. The maximum atomic E-state index is 11.9. The number of carbonyl (C=O) groups excluding carboxylic acids is 2. The first-order valence-electron chi connectivity index (χ1n) is 8.49. The minimum atomic E-state index is -0.505. The normalized spacial score (nSPS) is 10.3. The molecule has 0 spiro atoms. The van der Waals surface area contributed by atoms with Crippen molar-refractivity contribution in [1.29, 1.82) is 0 Å². The van der Waals surface area contributed by atoms with Crippen molar-refractivity contribution in [3.8, 4) is 22.5 Å². The number of methoxy groups -OCH3 is 1. The van der Waals surface area contributed by atoms with Crippen molar-refractivity contribution in [2.75, 3.05) is 19.4 Å². The van der Waals surface area contributed by atoms with Crippen molar-refractivity contribution in [1.82, 2.24) is 20.5 Å². The van der Waals surface area contributed by atoms with Gasteiger partial charge in [-0.1, -0.05) is 72.4 Å². The molecular formula is C20H18N4O3S. The van der Waals surface area contributed by atoms with E-state index < -0.39 is 5.97 Å². The summed E-state index contributed by atoms with van der Waals surface area (Å²) in [5.74, 6) is -0.750. The minimum Gasteiger partial charge on any atom is -0.468 e. The highest BCUT2D eigenvalue weighted by Gasteiger charge is 2.14. The van der Waals surface area contributed by atoms with Crippen LogP contribution in [0.2, 0.25) is 0 Å². The lowest BCUT2D eigenvalue weighted by Gasteiger charge is -2.09. The van der Waals surface area contributed by atoms with E-state index in [1.807, 2.05) is 60.7 Å². The van der Waals surface area contributed by atoms with Crippen molar-refractivity contribution >= 4 is 23.6 Å². The molecule has 2 aromatic carbocycles. The summed E-state index contributed by atoms with van der Waals surface area (Å²) >= 11 is 1.15. The molecule has 0 aliphatic carbocycles. The van der Waals surface area contributed by atoms with Gasteiger partial charge in [0.05, 0.1) is 12.9 Å². The predicted molar refractivity (Wildman–Crippen MR) is 106 cm³/mol. The molecule has 0 fully saturated rings. The van der Waals surface area contributed by atoms with Gasteiger partial charge < -0.3 is 10.1 Å². The first-order chi connectivity index (χ1) is 13.7. The molecule has 0 aliphatic heterocycles. The summed E-state index contributed by atoms with van der Waals surface area (Å²) in [5.41, 5.74) is 3.19. The Labute approximate surface area is 166 Å². The second-order valence-electron chi connectivity index (χ2n) is 5.67. The van der Waals surface area contributed by atoms with Gasteiger partial charge in [0.15, 0.2) is 0 Å². The van der Waals surface area contributed by atoms with E-state index >= 15 is 0 Å². The van der Waals surface area contributed by atoms with Crippen LogP contribution in [0, 0.1) is 0 Å². The van der Waals surface area contributed by atoms with E-state index in [0.717, 1.165) is 22.9 Å². The number of nitrogens with one attached hydrogen (secondary N) is 1. The lowest BCUT2D eigenvalue weighted by atomic mass is 10.0. The zero-order valence-corrected chi connectivity index (χ0v) is 16.0. The molecule has 8 heteroatoms. The molecule has 0 bridgehead atoms. The highest BCUT2D eigenvalue weighted by Crippen LogP contribution is 2.29. The highest BCUT2D eigenvalue weighted by molar-refractivity contribution is 7.99. The summed E-state index contributed by atoms with van der Waals surface area (Å²) in [6.45, 7) is -0.169. The Morgan fingerprint density at radius 2 is 1.54 bits per heavy atom. The average Bonchev–Trinajstić information content (AvgIpc) is 2.77. The van der Waals surface area contributed by atoms with E-state index in [9.17, 15) is 9.59 Å². The Kier molecular flexibility index (Phi) is 6.69. The lowest BCUT2D eigenvalue weighted by Crippen LogP contribution is -2.31. The molecule has 1 heterocycles. The third-order valence-electron chi connectivity index (χ3n) is 3.75. The Morgan fingerprint density at radius 1 is 0.929 bits per heavy atom. The number of hydrogen-bond donors (Lipinski definition) is 1. The number of benzene rings is 2. The Morgan fingerprint density at radius 3 is 2.14 bits per heavy atom. The third-order valence-corrected chi connectivity index (χ3v) is 4.59. The van der Waals surface area contributed by atoms with Crippen LogP contribution in [-0.4, -0.2) is 46.5 Å². The number of nitrogens with zero attached hydrogens (tertiary/aromatic N) is 3. The molecule has 0 radical (unpaired) electrons. The van der Waals surface area contributed by atoms with Crippen LogP contribution in [0.3, 0.4) is 0 Å². The lowest BCUT2D eigenvalue weighted by molar-refractivity contribution is -0.140. The van der Waals surface area contributed by atoms with E-state index in [4.69, 9.17) is 0 Å². The molecule has 0 saturated heterocycles. The molecule has 3 aromatic rings. The first kappa shape index (κ1) is 19.5. The fraction of sp³-hybridized carbons (Fsp3) is 0.150. The molecule has 1 aromatic heterocycles. The number of aromatic nitrogens is 3. The van der Waals surface area contributed by atoms with Crippen LogP contribution in [0.4, 0.5) is 0 Å². The Hall–Kier alpha value is -3.26. The molecule has 0 unspecified atom stereocenters. The monoisotopic (exact) mass is 394 g/mol. The van der Waals surface area contributed by atoms with Gasteiger partial charge in [-0.05, 0) is 0 Å². The largest absolute Gasteiger partial charge is 0.468 e. The second kappa shape index (κ2) is 9.61. The molecule has 142 valence electrons. The van der Waals surface area contributed by atoms with Gasteiger partial charge in [0.2, 0.25) is 11.1 Å². The number of rotatable bonds is 7. The third kappa shape index (κ3) is 5.14. The fourth-order valence-corrected chi connectivity index (χ4v) is 3.00. The maximum Gasteiger partial charge on any atom is 0.325 e.